The minimum absolute atomic E-state index is 0.553. The Labute approximate surface area is 62.4 Å². The van der Waals surface area contributed by atoms with Gasteiger partial charge in [-0.25, -0.2) is 0 Å². The molecule has 0 aromatic rings. The average Bonchev–Trinajstić information content (AvgIpc) is 1.81. The molecule has 54 valence electrons. The summed E-state index contributed by atoms with van der Waals surface area (Å²) in [6, 6.07) is 0. The van der Waals surface area contributed by atoms with Gasteiger partial charge in [0.25, 0.3) is 0 Å². The maximum Gasteiger partial charge on any atom is -0.00105 e. The fourth-order valence-electron chi connectivity index (χ4n) is 0.952. The van der Waals surface area contributed by atoms with Gasteiger partial charge in [0.2, 0.25) is 0 Å². The van der Waals surface area contributed by atoms with Crippen LogP contribution in [-0.2, 0) is 0 Å². The van der Waals surface area contributed by atoms with E-state index < -0.39 is 0 Å². The largest absolute Gasteiger partial charge is 0.161 e. The van der Waals surface area contributed by atoms with Crippen LogP contribution in [0.1, 0.15) is 27.7 Å². The topological polar surface area (TPSA) is 0 Å². The third-order valence-corrected chi connectivity index (χ3v) is 4.61. The SMILES string of the molecule is CC1(C)CSCC1(C)C. The van der Waals surface area contributed by atoms with Crippen molar-refractivity contribution in [2.45, 2.75) is 27.7 Å². The molecule has 1 heterocycles. The molecular weight excluding hydrogens is 128 g/mol. The van der Waals surface area contributed by atoms with Crippen molar-refractivity contribution >= 4 is 11.8 Å². The lowest BCUT2D eigenvalue weighted by Gasteiger charge is -2.33. The second kappa shape index (κ2) is 1.91. The Morgan fingerprint density at radius 3 is 1.33 bits per heavy atom. The molecule has 0 nitrogen and oxygen atoms in total. The maximum atomic E-state index is 2.37. The zero-order chi connectivity index (χ0) is 7.12. The number of hydrogen-bond donors (Lipinski definition) is 0. The van der Waals surface area contributed by atoms with Gasteiger partial charge < -0.3 is 0 Å². The van der Waals surface area contributed by atoms with Gasteiger partial charge in [0, 0.05) is 0 Å². The van der Waals surface area contributed by atoms with Crippen molar-refractivity contribution in [1.82, 2.24) is 0 Å². The van der Waals surface area contributed by atoms with Crippen LogP contribution in [0.4, 0.5) is 0 Å². The summed E-state index contributed by atoms with van der Waals surface area (Å²) in [5.74, 6) is 2.67. The first kappa shape index (κ1) is 7.46. The molecule has 1 aliphatic rings. The van der Waals surface area contributed by atoms with Crippen molar-refractivity contribution in [3.63, 3.8) is 0 Å². The fraction of sp³-hybridized carbons (Fsp3) is 1.00. The molecule has 0 bridgehead atoms. The molecule has 1 fully saturated rings. The van der Waals surface area contributed by atoms with Crippen LogP contribution >= 0.6 is 11.8 Å². The van der Waals surface area contributed by atoms with Crippen LogP contribution < -0.4 is 0 Å². The Morgan fingerprint density at radius 1 is 0.889 bits per heavy atom. The summed E-state index contributed by atoms with van der Waals surface area (Å²) in [5.41, 5.74) is 1.11. The van der Waals surface area contributed by atoms with E-state index in [1.807, 2.05) is 0 Å². The normalized spacial score (nSPS) is 30.7. The Hall–Kier alpha value is 0.350. The van der Waals surface area contributed by atoms with Gasteiger partial charge in [-0.2, -0.15) is 11.8 Å². The van der Waals surface area contributed by atoms with Gasteiger partial charge in [-0.05, 0) is 22.3 Å². The van der Waals surface area contributed by atoms with E-state index in [0.717, 1.165) is 0 Å². The zero-order valence-corrected chi connectivity index (χ0v) is 7.64. The first-order chi connectivity index (χ1) is 3.96. The second-order valence-corrected chi connectivity index (χ2v) is 5.25. The van der Waals surface area contributed by atoms with E-state index in [2.05, 4.69) is 39.5 Å². The van der Waals surface area contributed by atoms with Gasteiger partial charge in [0.1, 0.15) is 0 Å². The van der Waals surface area contributed by atoms with Crippen LogP contribution in [0.25, 0.3) is 0 Å². The van der Waals surface area contributed by atoms with Crippen LogP contribution in [0.3, 0.4) is 0 Å². The predicted molar refractivity (Wildman–Crippen MR) is 44.9 cm³/mol. The molecular formula is C8H16S. The van der Waals surface area contributed by atoms with E-state index in [4.69, 9.17) is 0 Å². The Kier molecular flexibility index (Phi) is 1.59. The van der Waals surface area contributed by atoms with Gasteiger partial charge in [-0.15, -0.1) is 0 Å². The standard InChI is InChI=1S/C8H16S/c1-7(2)5-9-6-8(7,3)4/h5-6H2,1-4H3. The smallest absolute Gasteiger partial charge is 0.00105 e. The van der Waals surface area contributed by atoms with E-state index in [9.17, 15) is 0 Å². The van der Waals surface area contributed by atoms with Crippen LogP contribution in [0.2, 0.25) is 0 Å². The van der Waals surface area contributed by atoms with E-state index in [1.165, 1.54) is 11.5 Å². The quantitative estimate of drug-likeness (QED) is 0.504. The summed E-state index contributed by atoms with van der Waals surface area (Å²) >= 11 is 2.09. The predicted octanol–water partition coefficient (Wildman–Crippen LogP) is 2.79. The molecule has 0 spiro atoms. The summed E-state index contributed by atoms with van der Waals surface area (Å²) in [6.45, 7) is 9.47. The molecule has 1 aliphatic heterocycles. The molecule has 1 heteroatoms. The number of rotatable bonds is 0. The summed E-state index contributed by atoms with van der Waals surface area (Å²) in [4.78, 5) is 0. The average molecular weight is 144 g/mol. The van der Waals surface area contributed by atoms with E-state index in [1.54, 1.807) is 0 Å². The monoisotopic (exact) mass is 144 g/mol. The second-order valence-electron chi connectivity index (χ2n) is 4.26. The molecule has 0 radical (unpaired) electrons. The molecule has 0 amide bonds. The highest BCUT2D eigenvalue weighted by Gasteiger charge is 2.41. The molecule has 0 aromatic carbocycles. The van der Waals surface area contributed by atoms with E-state index in [0.29, 0.717) is 10.8 Å². The van der Waals surface area contributed by atoms with Crippen molar-refractivity contribution in [2.24, 2.45) is 10.8 Å². The van der Waals surface area contributed by atoms with Gasteiger partial charge in [-0.3, -0.25) is 0 Å². The summed E-state index contributed by atoms with van der Waals surface area (Å²) in [5, 5.41) is 0. The molecule has 1 saturated heterocycles. The van der Waals surface area contributed by atoms with Crippen molar-refractivity contribution in [3.05, 3.63) is 0 Å². The lowest BCUT2D eigenvalue weighted by Crippen LogP contribution is -2.30. The molecule has 0 atom stereocenters. The molecule has 1 rings (SSSR count). The van der Waals surface area contributed by atoms with E-state index in [-0.39, 0.29) is 0 Å². The molecule has 0 aromatic heterocycles. The van der Waals surface area contributed by atoms with Crippen LogP contribution in [0, 0.1) is 10.8 Å². The number of hydrogen-bond acceptors (Lipinski definition) is 1. The van der Waals surface area contributed by atoms with Gasteiger partial charge in [0.05, 0.1) is 0 Å². The highest BCUT2D eigenvalue weighted by atomic mass is 32.2. The molecule has 0 unspecified atom stereocenters. The van der Waals surface area contributed by atoms with Crippen LogP contribution in [0.15, 0.2) is 0 Å². The van der Waals surface area contributed by atoms with Crippen molar-refractivity contribution in [2.75, 3.05) is 11.5 Å². The Bertz CT molecular complexity index is 99.7. The van der Waals surface area contributed by atoms with E-state index >= 15 is 0 Å². The molecule has 0 saturated carbocycles. The van der Waals surface area contributed by atoms with Crippen molar-refractivity contribution < 1.29 is 0 Å². The Morgan fingerprint density at radius 2 is 1.22 bits per heavy atom. The Balaban J connectivity index is 2.75. The van der Waals surface area contributed by atoms with Crippen LogP contribution in [-0.4, -0.2) is 11.5 Å². The minimum atomic E-state index is 0.553. The van der Waals surface area contributed by atoms with Crippen molar-refractivity contribution in [3.8, 4) is 0 Å². The van der Waals surface area contributed by atoms with Crippen molar-refractivity contribution in [1.29, 1.82) is 0 Å². The first-order valence-electron chi connectivity index (χ1n) is 3.53. The summed E-state index contributed by atoms with van der Waals surface area (Å²) in [7, 11) is 0. The summed E-state index contributed by atoms with van der Waals surface area (Å²) < 4.78 is 0. The van der Waals surface area contributed by atoms with Gasteiger partial charge in [-0.1, -0.05) is 27.7 Å². The lowest BCUT2D eigenvalue weighted by molar-refractivity contribution is 0.184. The van der Waals surface area contributed by atoms with Crippen LogP contribution in [0.5, 0.6) is 0 Å². The fourth-order valence-corrected chi connectivity index (χ4v) is 2.86. The van der Waals surface area contributed by atoms with Gasteiger partial charge in [0.15, 0.2) is 0 Å². The molecule has 9 heavy (non-hydrogen) atoms. The third-order valence-electron chi connectivity index (χ3n) is 2.76. The molecule has 0 aliphatic carbocycles. The highest BCUT2D eigenvalue weighted by molar-refractivity contribution is 7.99. The first-order valence-corrected chi connectivity index (χ1v) is 4.69. The maximum absolute atomic E-state index is 2.37. The summed E-state index contributed by atoms with van der Waals surface area (Å²) in [6.07, 6.45) is 0. The number of thioether (sulfide) groups is 1. The highest BCUT2D eigenvalue weighted by Crippen LogP contribution is 2.49. The van der Waals surface area contributed by atoms with Gasteiger partial charge >= 0.3 is 0 Å². The zero-order valence-electron chi connectivity index (χ0n) is 6.82. The third kappa shape index (κ3) is 1.12. The molecule has 0 N–H and O–H groups in total. The minimum Gasteiger partial charge on any atom is -0.161 e. The lowest BCUT2D eigenvalue weighted by atomic mass is 9.71.